The normalized spacial score (nSPS) is 11.8. The van der Waals surface area contributed by atoms with Gasteiger partial charge in [-0.25, -0.2) is 5.43 Å². The monoisotopic (exact) mass is 501 g/mol. The molecule has 0 bridgehead atoms. The van der Waals surface area contributed by atoms with E-state index in [-0.39, 0.29) is 22.2 Å². The van der Waals surface area contributed by atoms with Crippen LogP contribution in [0.3, 0.4) is 0 Å². The number of hydrogen-bond acceptors (Lipinski definition) is 5. The van der Waals surface area contributed by atoms with E-state index >= 15 is 0 Å². The van der Waals surface area contributed by atoms with E-state index < -0.39 is 12.0 Å². The molecule has 0 aromatic heterocycles. The van der Waals surface area contributed by atoms with Gasteiger partial charge in [-0.15, -0.1) is 0 Å². The van der Waals surface area contributed by atoms with Crippen molar-refractivity contribution in [1.29, 1.82) is 0 Å². The second kappa shape index (κ2) is 11.4. The molecule has 1 atom stereocenters. The van der Waals surface area contributed by atoms with Crippen LogP contribution in [0.25, 0.3) is 10.8 Å². The van der Waals surface area contributed by atoms with E-state index in [9.17, 15) is 14.7 Å². The van der Waals surface area contributed by atoms with E-state index in [2.05, 4.69) is 15.8 Å². The minimum atomic E-state index is -0.643. The van der Waals surface area contributed by atoms with Crippen LogP contribution in [0.2, 0.25) is 5.02 Å². The predicted molar refractivity (Wildman–Crippen MR) is 142 cm³/mol. The summed E-state index contributed by atoms with van der Waals surface area (Å²) in [4.78, 5) is 25.3. The quantitative estimate of drug-likeness (QED) is 0.211. The maximum Gasteiger partial charge on any atom is 0.271 e. The topological polar surface area (TPSA) is 100 Å². The van der Waals surface area contributed by atoms with Crippen LogP contribution in [0.5, 0.6) is 11.5 Å². The number of amides is 2. The van der Waals surface area contributed by atoms with Gasteiger partial charge in [0.2, 0.25) is 0 Å². The minimum Gasteiger partial charge on any atom is -0.506 e. The molecule has 3 N–H and O–H groups in total. The number of phenols is 1. The highest BCUT2D eigenvalue weighted by Gasteiger charge is 2.19. The van der Waals surface area contributed by atoms with Gasteiger partial charge in [0, 0.05) is 22.2 Å². The fourth-order valence-electron chi connectivity index (χ4n) is 3.62. The van der Waals surface area contributed by atoms with Crippen LogP contribution < -0.4 is 15.5 Å². The second-order valence-electron chi connectivity index (χ2n) is 7.93. The number of phenolic OH excluding ortho intramolecular Hbond substituents is 1. The van der Waals surface area contributed by atoms with Crippen molar-refractivity contribution in [2.75, 3.05) is 5.32 Å². The van der Waals surface area contributed by atoms with Crippen molar-refractivity contribution in [3.63, 3.8) is 0 Å². The Morgan fingerprint density at radius 1 is 1.00 bits per heavy atom. The molecule has 0 saturated carbocycles. The van der Waals surface area contributed by atoms with E-state index in [0.717, 1.165) is 16.3 Å². The molecule has 1 unspecified atom stereocenters. The molecule has 0 aliphatic carbocycles. The molecule has 0 fully saturated rings. The molecule has 7 nitrogen and oxygen atoms in total. The molecule has 4 rings (SSSR count). The summed E-state index contributed by atoms with van der Waals surface area (Å²) in [5.41, 5.74) is 4.11. The third-order valence-electron chi connectivity index (χ3n) is 5.48. The molecule has 2 amide bonds. The van der Waals surface area contributed by atoms with Crippen LogP contribution in [0, 0.1) is 0 Å². The largest absolute Gasteiger partial charge is 0.506 e. The van der Waals surface area contributed by atoms with Gasteiger partial charge in [-0.1, -0.05) is 67.1 Å². The smallest absolute Gasteiger partial charge is 0.271 e. The molecule has 0 saturated heterocycles. The molecule has 0 heterocycles. The molecule has 0 spiro atoms. The highest BCUT2D eigenvalue weighted by atomic mass is 35.5. The summed E-state index contributed by atoms with van der Waals surface area (Å²) in [6.07, 6.45) is 1.40. The van der Waals surface area contributed by atoms with Crippen LogP contribution in [-0.4, -0.2) is 29.2 Å². The Balaban J connectivity index is 1.50. The van der Waals surface area contributed by atoms with Gasteiger partial charge in [-0.2, -0.15) is 5.10 Å². The number of halogens is 1. The number of aromatic hydroxyl groups is 1. The number of fused-ring (bicyclic) bond motifs is 1. The number of nitrogens with zero attached hydrogens (tertiary/aromatic N) is 1. The molecule has 4 aromatic carbocycles. The van der Waals surface area contributed by atoms with E-state index in [1.165, 1.54) is 24.4 Å². The maximum absolute atomic E-state index is 13.0. The van der Waals surface area contributed by atoms with Crippen molar-refractivity contribution >= 4 is 46.1 Å². The van der Waals surface area contributed by atoms with Crippen molar-refractivity contribution in [2.24, 2.45) is 5.10 Å². The molecule has 8 heteroatoms. The van der Waals surface area contributed by atoms with Crippen LogP contribution >= 0.6 is 11.6 Å². The highest BCUT2D eigenvalue weighted by molar-refractivity contribution is 6.32. The Labute approximate surface area is 213 Å². The number of benzene rings is 4. The molecule has 0 aliphatic heterocycles. The summed E-state index contributed by atoms with van der Waals surface area (Å²) >= 11 is 5.87. The minimum absolute atomic E-state index is 0.0785. The summed E-state index contributed by atoms with van der Waals surface area (Å²) in [5.74, 6) is -0.182. The third-order valence-corrected chi connectivity index (χ3v) is 5.78. The lowest BCUT2D eigenvalue weighted by atomic mass is 10.0. The van der Waals surface area contributed by atoms with Crippen LogP contribution in [0.15, 0.2) is 90.0 Å². The lowest BCUT2D eigenvalue weighted by Gasteiger charge is -2.18. The van der Waals surface area contributed by atoms with Crippen molar-refractivity contribution in [3.8, 4) is 11.5 Å². The fraction of sp³-hybridized carbons (Fsp3) is 0.107. The maximum atomic E-state index is 13.0. The van der Waals surface area contributed by atoms with Crippen LogP contribution in [-0.2, 0) is 4.79 Å². The first-order chi connectivity index (χ1) is 17.5. The summed E-state index contributed by atoms with van der Waals surface area (Å²) in [6, 6.07) is 24.6. The van der Waals surface area contributed by atoms with Crippen LogP contribution in [0.4, 0.5) is 5.69 Å². The average Bonchev–Trinajstić information content (AvgIpc) is 2.90. The number of rotatable bonds is 8. The molecule has 182 valence electrons. The van der Waals surface area contributed by atoms with E-state index in [1.807, 2.05) is 67.6 Å². The Kier molecular flexibility index (Phi) is 7.82. The first kappa shape index (κ1) is 24.8. The summed E-state index contributed by atoms with van der Waals surface area (Å²) in [7, 11) is 0. The van der Waals surface area contributed by atoms with Gasteiger partial charge in [0.1, 0.15) is 11.5 Å². The lowest BCUT2D eigenvalue weighted by molar-refractivity contribution is -0.122. The molecular formula is C28H24ClN3O4. The van der Waals surface area contributed by atoms with E-state index in [0.29, 0.717) is 17.9 Å². The average molecular weight is 502 g/mol. The van der Waals surface area contributed by atoms with E-state index in [4.69, 9.17) is 16.3 Å². The number of nitrogens with one attached hydrogen (secondary N) is 2. The summed E-state index contributed by atoms with van der Waals surface area (Å²) in [5, 5.41) is 18.3. The molecular weight excluding hydrogens is 478 g/mol. The number of ether oxygens (including phenoxy) is 1. The van der Waals surface area contributed by atoms with Gasteiger partial charge in [0.05, 0.1) is 11.2 Å². The fourth-order valence-corrected chi connectivity index (χ4v) is 3.80. The third kappa shape index (κ3) is 5.82. The molecule has 0 radical (unpaired) electrons. The molecule has 36 heavy (non-hydrogen) atoms. The first-order valence-electron chi connectivity index (χ1n) is 11.3. The SMILES string of the molecule is CCC(Oc1ccccc1)C(=O)Nc1ccc(C=NNC(=O)c2ccc(O)c(Cl)c2)c2ccccc12. The van der Waals surface area contributed by atoms with Gasteiger partial charge in [0.25, 0.3) is 11.8 Å². The number of hydrogen-bond donors (Lipinski definition) is 3. The van der Waals surface area contributed by atoms with Gasteiger partial charge in [0.15, 0.2) is 6.10 Å². The van der Waals surface area contributed by atoms with Crippen molar-refractivity contribution in [1.82, 2.24) is 5.43 Å². The van der Waals surface area contributed by atoms with Crippen LogP contribution in [0.1, 0.15) is 29.3 Å². The standard InChI is InChI=1S/C28H24ClN3O4/c1-2-26(36-20-8-4-3-5-9-20)28(35)31-24-14-12-19(21-10-6-7-11-22(21)24)17-30-32-27(34)18-13-15-25(33)23(29)16-18/h3-17,26,33H,2H2,1H3,(H,31,35)(H,32,34). The van der Waals surface area contributed by atoms with Crippen molar-refractivity contribution in [2.45, 2.75) is 19.4 Å². The Morgan fingerprint density at radius 3 is 2.44 bits per heavy atom. The number of carbonyl (C=O) groups excluding carboxylic acids is 2. The second-order valence-corrected chi connectivity index (χ2v) is 8.34. The molecule has 0 aliphatic rings. The summed E-state index contributed by atoms with van der Waals surface area (Å²) in [6.45, 7) is 1.89. The van der Waals surface area contributed by atoms with Gasteiger partial charge in [-0.05, 0) is 48.2 Å². The van der Waals surface area contributed by atoms with E-state index in [1.54, 1.807) is 6.07 Å². The highest BCUT2D eigenvalue weighted by Crippen LogP contribution is 2.27. The zero-order valence-corrected chi connectivity index (χ0v) is 20.2. The number of anilines is 1. The number of hydrazone groups is 1. The van der Waals surface area contributed by atoms with Crippen molar-refractivity contribution < 1.29 is 19.4 Å². The lowest BCUT2D eigenvalue weighted by Crippen LogP contribution is -2.32. The van der Waals surface area contributed by atoms with Gasteiger partial charge >= 0.3 is 0 Å². The zero-order valence-electron chi connectivity index (χ0n) is 19.4. The summed E-state index contributed by atoms with van der Waals surface area (Å²) < 4.78 is 5.86. The van der Waals surface area contributed by atoms with Crippen molar-refractivity contribution in [3.05, 3.63) is 101 Å². The number of carbonyl (C=O) groups is 2. The molecule has 4 aromatic rings. The Bertz CT molecular complexity index is 1420. The Morgan fingerprint density at radius 2 is 1.72 bits per heavy atom. The zero-order chi connectivity index (χ0) is 25.5. The van der Waals surface area contributed by atoms with Gasteiger partial charge < -0.3 is 15.2 Å². The first-order valence-corrected chi connectivity index (χ1v) is 11.7. The Hall–Kier alpha value is -4.36. The van der Waals surface area contributed by atoms with Gasteiger partial charge in [-0.3, -0.25) is 9.59 Å². The number of para-hydroxylation sites is 1. The predicted octanol–water partition coefficient (Wildman–Crippen LogP) is 5.76.